The predicted molar refractivity (Wildman–Crippen MR) is 59.1 cm³/mol. The largest absolute Gasteiger partial charge is 0.459 e. The van der Waals surface area contributed by atoms with Crippen molar-refractivity contribution in [2.75, 3.05) is 0 Å². The van der Waals surface area contributed by atoms with E-state index < -0.39 is 0 Å². The molecular weight excluding hydrogens is 176 g/mol. The second-order valence-electron chi connectivity index (χ2n) is 4.61. The summed E-state index contributed by atoms with van der Waals surface area (Å²) in [4.78, 5) is 11.7. The zero-order valence-corrected chi connectivity index (χ0v) is 10.4. The molecule has 0 bridgehead atoms. The van der Waals surface area contributed by atoms with Crippen LogP contribution in [0.2, 0.25) is 0 Å². The summed E-state index contributed by atoms with van der Waals surface area (Å²) in [5, 5.41) is 0. The van der Waals surface area contributed by atoms with E-state index in [4.69, 9.17) is 4.74 Å². The molecule has 14 heavy (non-hydrogen) atoms. The molecule has 1 unspecified atom stereocenters. The normalized spacial score (nSPS) is 14.2. The van der Waals surface area contributed by atoms with Crippen LogP contribution in [0.5, 0.6) is 0 Å². The predicted octanol–water partition coefficient (Wildman–Crippen LogP) is 3.40. The summed E-state index contributed by atoms with van der Waals surface area (Å²) in [6, 6.07) is 0. The minimum atomic E-state index is -0.278. The number of rotatable bonds is 5. The molecule has 0 aromatic rings. The van der Waals surface area contributed by atoms with E-state index in [0.29, 0.717) is 5.92 Å². The third kappa shape index (κ3) is 3.69. The first-order valence-electron chi connectivity index (χ1n) is 5.59. The van der Waals surface area contributed by atoms with Gasteiger partial charge in [0.2, 0.25) is 0 Å². The number of hydrogen-bond donors (Lipinski definition) is 0. The Morgan fingerprint density at radius 2 is 1.64 bits per heavy atom. The lowest BCUT2D eigenvalue weighted by Gasteiger charge is -2.29. The summed E-state index contributed by atoms with van der Waals surface area (Å²) in [6.45, 7) is 12.1. The highest BCUT2D eigenvalue weighted by atomic mass is 16.6. The smallest absolute Gasteiger partial charge is 0.309 e. The lowest BCUT2D eigenvalue weighted by Crippen LogP contribution is -2.33. The zero-order chi connectivity index (χ0) is 11.4. The van der Waals surface area contributed by atoms with Crippen LogP contribution in [0.25, 0.3) is 0 Å². The Hall–Kier alpha value is -0.530. The topological polar surface area (TPSA) is 26.3 Å². The molecule has 0 aliphatic carbocycles. The molecule has 0 fully saturated rings. The van der Waals surface area contributed by atoms with Crippen LogP contribution in [-0.2, 0) is 9.53 Å². The molecule has 0 spiro atoms. The SMILES string of the molecule is CCC(C)(CC)OC(=O)C(C)C(C)C. The van der Waals surface area contributed by atoms with Gasteiger partial charge in [0.05, 0.1) is 5.92 Å². The van der Waals surface area contributed by atoms with E-state index in [1.807, 2.05) is 27.7 Å². The summed E-state index contributed by atoms with van der Waals surface area (Å²) >= 11 is 0. The average molecular weight is 200 g/mol. The maximum atomic E-state index is 11.7. The second kappa shape index (κ2) is 5.38. The molecular formula is C12H24O2. The maximum absolute atomic E-state index is 11.7. The lowest BCUT2D eigenvalue weighted by atomic mass is 9.96. The molecule has 0 amide bonds. The highest BCUT2D eigenvalue weighted by Gasteiger charge is 2.28. The van der Waals surface area contributed by atoms with Gasteiger partial charge >= 0.3 is 5.97 Å². The van der Waals surface area contributed by atoms with Gasteiger partial charge in [-0.25, -0.2) is 0 Å². The molecule has 0 saturated heterocycles. The summed E-state index contributed by atoms with van der Waals surface area (Å²) in [7, 11) is 0. The molecule has 0 N–H and O–H groups in total. The Kier molecular flexibility index (Phi) is 5.17. The Morgan fingerprint density at radius 1 is 1.21 bits per heavy atom. The van der Waals surface area contributed by atoms with Crippen molar-refractivity contribution >= 4 is 5.97 Å². The summed E-state index contributed by atoms with van der Waals surface area (Å²) < 4.78 is 5.52. The van der Waals surface area contributed by atoms with Crippen molar-refractivity contribution in [3.63, 3.8) is 0 Å². The van der Waals surface area contributed by atoms with Crippen LogP contribution in [0.15, 0.2) is 0 Å². The fourth-order valence-electron chi connectivity index (χ4n) is 1.00. The van der Waals surface area contributed by atoms with Gasteiger partial charge in [-0.3, -0.25) is 4.79 Å². The number of esters is 1. The Balaban J connectivity index is 4.30. The van der Waals surface area contributed by atoms with Gasteiger partial charge in [-0.1, -0.05) is 34.6 Å². The Bertz CT molecular complexity index is 181. The molecule has 2 heteroatoms. The fourth-order valence-corrected chi connectivity index (χ4v) is 1.00. The van der Waals surface area contributed by atoms with E-state index >= 15 is 0 Å². The zero-order valence-electron chi connectivity index (χ0n) is 10.4. The number of ether oxygens (including phenoxy) is 1. The lowest BCUT2D eigenvalue weighted by molar-refractivity contribution is -0.164. The minimum absolute atomic E-state index is 0.00701. The highest BCUT2D eigenvalue weighted by molar-refractivity contribution is 5.72. The molecule has 0 aromatic carbocycles. The monoisotopic (exact) mass is 200 g/mol. The van der Waals surface area contributed by atoms with Crippen molar-refractivity contribution < 1.29 is 9.53 Å². The molecule has 0 aromatic heterocycles. The molecule has 0 rings (SSSR count). The van der Waals surface area contributed by atoms with Crippen LogP contribution in [-0.4, -0.2) is 11.6 Å². The van der Waals surface area contributed by atoms with Crippen LogP contribution in [0.4, 0.5) is 0 Å². The van der Waals surface area contributed by atoms with E-state index in [9.17, 15) is 4.79 Å². The Morgan fingerprint density at radius 3 is 1.93 bits per heavy atom. The first kappa shape index (κ1) is 13.5. The minimum Gasteiger partial charge on any atom is -0.459 e. The summed E-state index contributed by atoms with van der Waals surface area (Å²) in [6.07, 6.45) is 1.75. The van der Waals surface area contributed by atoms with E-state index in [0.717, 1.165) is 12.8 Å². The second-order valence-corrected chi connectivity index (χ2v) is 4.61. The van der Waals surface area contributed by atoms with Crippen LogP contribution in [0, 0.1) is 11.8 Å². The third-order valence-corrected chi connectivity index (χ3v) is 3.21. The third-order valence-electron chi connectivity index (χ3n) is 3.21. The molecule has 0 heterocycles. The molecule has 1 atom stereocenters. The van der Waals surface area contributed by atoms with E-state index in [-0.39, 0.29) is 17.5 Å². The Labute approximate surface area is 88.0 Å². The average Bonchev–Trinajstić information content (AvgIpc) is 2.16. The van der Waals surface area contributed by atoms with E-state index in [2.05, 4.69) is 13.8 Å². The van der Waals surface area contributed by atoms with Crippen molar-refractivity contribution in [3.05, 3.63) is 0 Å². The first-order valence-corrected chi connectivity index (χ1v) is 5.59. The molecule has 0 aliphatic heterocycles. The van der Waals surface area contributed by atoms with Crippen LogP contribution < -0.4 is 0 Å². The van der Waals surface area contributed by atoms with Crippen molar-refractivity contribution in [2.24, 2.45) is 11.8 Å². The highest BCUT2D eigenvalue weighted by Crippen LogP contribution is 2.23. The number of hydrogen-bond acceptors (Lipinski definition) is 2. The van der Waals surface area contributed by atoms with Gasteiger partial charge in [0.1, 0.15) is 5.60 Å². The van der Waals surface area contributed by atoms with Crippen LogP contribution in [0.3, 0.4) is 0 Å². The van der Waals surface area contributed by atoms with Crippen molar-refractivity contribution in [1.29, 1.82) is 0 Å². The fraction of sp³-hybridized carbons (Fsp3) is 0.917. The van der Waals surface area contributed by atoms with Gasteiger partial charge in [-0.2, -0.15) is 0 Å². The molecule has 0 saturated carbocycles. The molecule has 2 nitrogen and oxygen atoms in total. The van der Waals surface area contributed by atoms with E-state index in [1.165, 1.54) is 0 Å². The molecule has 84 valence electrons. The number of carbonyl (C=O) groups is 1. The van der Waals surface area contributed by atoms with Gasteiger partial charge in [0.25, 0.3) is 0 Å². The quantitative estimate of drug-likeness (QED) is 0.636. The van der Waals surface area contributed by atoms with Gasteiger partial charge < -0.3 is 4.74 Å². The van der Waals surface area contributed by atoms with Gasteiger partial charge in [0, 0.05) is 0 Å². The standard InChI is InChI=1S/C12H24O2/c1-7-12(6,8-2)14-11(13)10(5)9(3)4/h9-10H,7-8H2,1-6H3. The van der Waals surface area contributed by atoms with Crippen molar-refractivity contribution in [3.8, 4) is 0 Å². The van der Waals surface area contributed by atoms with Gasteiger partial charge in [0.15, 0.2) is 0 Å². The van der Waals surface area contributed by atoms with E-state index in [1.54, 1.807) is 0 Å². The first-order chi connectivity index (χ1) is 6.36. The van der Waals surface area contributed by atoms with Gasteiger partial charge in [-0.15, -0.1) is 0 Å². The maximum Gasteiger partial charge on any atom is 0.309 e. The van der Waals surface area contributed by atoms with Crippen LogP contribution >= 0.6 is 0 Å². The van der Waals surface area contributed by atoms with Crippen molar-refractivity contribution in [1.82, 2.24) is 0 Å². The molecule has 0 radical (unpaired) electrons. The van der Waals surface area contributed by atoms with Crippen molar-refractivity contribution in [2.45, 2.75) is 60.0 Å². The van der Waals surface area contributed by atoms with Crippen LogP contribution in [0.1, 0.15) is 54.4 Å². The van der Waals surface area contributed by atoms with Gasteiger partial charge in [-0.05, 0) is 25.7 Å². The summed E-state index contributed by atoms with van der Waals surface area (Å²) in [5.41, 5.74) is -0.278. The molecule has 0 aliphatic rings. The summed E-state index contributed by atoms with van der Waals surface area (Å²) in [5.74, 6) is 0.277. The number of carbonyl (C=O) groups excluding carboxylic acids is 1.